The predicted octanol–water partition coefficient (Wildman–Crippen LogP) is 2.72. The van der Waals surface area contributed by atoms with E-state index in [0.717, 1.165) is 10.0 Å². The Morgan fingerprint density at radius 3 is 2.56 bits per heavy atom. The van der Waals surface area contributed by atoms with Crippen LogP contribution in [0.25, 0.3) is 0 Å². The van der Waals surface area contributed by atoms with E-state index in [0.29, 0.717) is 17.9 Å². The lowest BCUT2D eigenvalue weighted by atomic mass is 10.1. The van der Waals surface area contributed by atoms with Gasteiger partial charge in [0.25, 0.3) is 5.91 Å². The molecular weight excluding hydrogens is 528 g/mol. The molecule has 0 spiro atoms. The van der Waals surface area contributed by atoms with Crippen molar-refractivity contribution in [2.75, 3.05) is 6.61 Å². The van der Waals surface area contributed by atoms with Gasteiger partial charge in [0, 0.05) is 22.8 Å². The molecule has 3 aliphatic rings. The summed E-state index contributed by atoms with van der Waals surface area (Å²) in [5.74, 6) is -0.625. The number of hydrogen-bond donors (Lipinski definition) is 3. The van der Waals surface area contributed by atoms with Gasteiger partial charge in [-0.2, -0.15) is 0 Å². The fourth-order valence-corrected chi connectivity index (χ4v) is 4.83. The van der Waals surface area contributed by atoms with Crippen molar-refractivity contribution < 1.29 is 24.1 Å². The Labute approximate surface area is 218 Å². The van der Waals surface area contributed by atoms with Gasteiger partial charge in [0.15, 0.2) is 18.3 Å². The number of hydrogen-bond acceptors (Lipinski definition) is 8. The second-order valence-electron chi connectivity index (χ2n) is 9.29. The molecule has 0 saturated carbocycles. The zero-order chi connectivity index (χ0) is 25.3. The Balaban J connectivity index is 1.37. The Morgan fingerprint density at radius 1 is 1.11 bits per heavy atom. The van der Waals surface area contributed by atoms with Gasteiger partial charge in [-0.1, -0.05) is 46.3 Å². The van der Waals surface area contributed by atoms with Crippen molar-refractivity contribution in [1.29, 1.82) is 0 Å². The second kappa shape index (κ2) is 10.4. The maximum atomic E-state index is 12.8. The third kappa shape index (κ3) is 5.39. The monoisotopic (exact) mass is 556 g/mol. The number of rotatable bonds is 6. The minimum Gasteiger partial charge on any atom is -0.394 e. The number of nitrogens with one attached hydrogen (secondary N) is 2. The van der Waals surface area contributed by atoms with Crippen LogP contribution >= 0.6 is 15.9 Å². The van der Waals surface area contributed by atoms with Crippen LogP contribution in [0.15, 0.2) is 76.3 Å². The van der Waals surface area contributed by atoms with Crippen LogP contribution in [-0.4, -0.2) is 65.0 Å². The maximum absolute atomic E-state index is 12.8. The molecular formula is C26H29BrN4O5. The first-order valence-corrected chi connectivity index (χ1v) is 12.6. The summed E-state index contributed by atoms with van der Waals surface area (Å²) in [7, 11) is 0. The zero-order valence-corrected chi connectivity index (χ0v) is 21.6. The number of fused-ring (bicyclic) bond motifs is 1. The summed E-state index contributed by atoms with van der Waals surface area (Å²) in [5, 5.41) is 16.2. The van der Waals surface area contributed by atoms with Crippen LogP contribution < -0.4 is 10.6 Å². The number of benzene rings is 2. The number of aliphatic hydroxyl groups excluding tert-OH is 1. The highest BCUT2D eigenvalue weighted by molar-refractivity contribution is 9.10. The van der Waals surface area contributed by atoms with Gasteiger partial charge in [0.05, 0.1) is 6.61 Å². The molecule has 0 aliphatic carbocycles. The van der Waals surface area contributed by atoms with Crippen molar-refractivity contribution in [3.63, 3.8) is 0 Å². The highest BCUT2D eigenvalue weighted by atomic mass is 79.9. The molecule has 1 unspecified atom stereocenters. The van der Waals surface area contributed by atoms with Crippen LogP contribution in [-0.2, 0) is 20.8 Å². The van der Waals surface area contributed by atoms with E-state index < -0.39 is 36.6 Å². The molecule has 2 saturated heterocycles. The summed E-state index contributed by atoms with van der Waals surface area (Å²) in [6.07, 6.45) is 1.09. The zero-order valence-electron chi connectivity index (χ0n) is 20.0. The molecule has 190 valence electrons. The predicted molar refractivity (Wildman–Crippen MR) is 137 cm³/mol. The molecule has 3 aliphatic heterocycles. The molecule has 2 aromatic carbocycles. The molecule has 0 radical (unpaired) electrons. The van der Waals surface area contributed by atoms with Gasteiger partial charge in [-0.15, -0.1) is 0 Å². The van der Waals surface area contributed by atoms with Gasteiger partial charge in [-0.05, 0) is 49.8 Å². The molecule has 9 nitrogen and oxygen atoms in total. The van der Waals surface area contributed by atoms with Gasteiger partial charge >= 0.3 is 0 Å². The third-order valence-electron chi connectivity index (χ3n) is 6.23. The summed E-state index contributed by atoms with van der Waals surface area (Å²) < 4.78 is 19.2. The average Bonchev–Trinajstić information content (AvgIpc) is 3.36. The lowest BCUT2D eigenvalue weighted by Crippen LogP contribution is -2.53. The highest BCUT2D eigenvalue weighted by Gasteiger charge is 2.57. The molecule has 0 aromatic heterocycles. The van der Waals surface area contributed by atoms with E-state index in [9.17, 15) is 9.90 Å². The lowest BCUT2D eigenvalue weighted by molar-refractivity contribution is -0.208. The van der Waals surface area contributed by atoms with Crippen molar-refractivity contribution in [3.8, 4) is 0 Å². The van der Waals surface area contributed by atoms with E-state index in [1.165, 1.54) is 0 Å². The third-order valence-corrected chi connectivity index (χ3v) is 6.76. The largest absolute Gasteiger partial charge is 0.394 e. The molecule has 3 N–H and O–H groups in total. The fraction of sp³-hybridized carbons (Fsp3) is 0.385. The smallest absolute Gasteiger partial charge is 0.256 e. The first kappa shape index (κ1) is 25.1. The number of amides is 1. The topological polar surface area (TPSA) is 105 Å². The number of carbonyl (C=O) groups excluding carboxylic acids is 1. The normalized spacial score (nSPS) is 28.6. The molecule has 0 bridgehead atoms. The van der Waals surface area contributed by atoms with Crippen molar-refractivity contribution in [2.24, 2.45) is 4.99 Å². The Kier molecular flexibility index (Phi) is 7.25. The molecule has 3 heterocycles. The van der Waals surface area contributed by atoms with Crippen LogP contribution in [0.1, 0.15) is 29.8 Å². The van der Waals surface area contributed by atoms with E-state index in [-0.39, 0.29) is 12.5 Å². The van der Waals surface area contributed by atoms with Gasteiger partial charge < -0.3 is 29.5 Å². The summed E-state index contributed by atoms with van der Waals surface area (Å²) >= 11 is 3.38. The number of halogens is 1. The van der Waals surface area contributed by atoms with E-state index in [4.69, 9.17) is 19.2 Å². The van der Waals surface area contributed by atoms with E-state index in [2.05, 4.69) is 26.6 Å². The standard InChI is InChI=1S/C26H29BrN4O5/c1-26(2)35-21-19(15-32)34-24(22(21)36-26)31-13-12-20(29-23(33)17-8-10-18(27)11-9-17)30-25(31)28-14-16-6-4-3-5-7-16/h3-13,19,21-22,24-25,28,32H,14-15H2,1-2H3,(H,29,30,33)/t19-,21-,22-,24-,25?/m1/s1. The number of ether oxygens (including phenoxy) is 3. The van der Waals surface area contributed by atoms with Gasteiger partial charge in [0.2, 0.25) is 0 Å². The SMILES string of the molecule is CC1(C)O[C@@H]2[C@H](O1)[C@@H](CO)O[C@H]2N1C=CC(NC(=O)c2ccc(Br)cc2)=NC1NCc1ccccc1. The number of amidine groups is 1. The molecule has 2 fully saturated rings. The Hall–Kier alpha value is -2.60. The quantitative estimate of drug-likeness (QED) is 0.502. The van der Waals surface area contributed by atoms with Crippen LogP contribution in [0, 0.1) is 0 Å². The van der Waals surface area contributed by atoms with Crippen LogP contribution in [0.5, 0.6) is 0 Å². The molecule has 2 aromatic rings. The first-order chi connectivity index (χ1) is 17.3. The highest BCUT2D eigenvalue weighted by Crippen LogP contribution is 2.40. The first-order valence-electron chi connectivity index (χ1n) is 11.8. The van der Waals surface area contributed by atoms with E-state index >= 15 is 0 Å². The van der Waals surface area contributed by atoms with Crippen LogP contribution in [0.2, 0.25) is 0 Å². The summed E-state index contributed by atoms with van der Waals surface area (Å²) in [6, 6.07) is 17.1. The number of carbonyl (C=O) groups is 1. The fourth-order valence-electron chi connectivity index (χ4n) is 4.57. The molecule has 10 heteroatoms. The second-order valence-corrected chi connectivity index (χ2v) is 10.2. The lowest BCUT2D eigenvalue weighted by Gasteiger charge is -2.37. The van der Waals surface area contributed by atoms with Crippen molar-refractivity contribution in [2.45, 2.75) is 57.0 Å². The minimum atomic E-state index is -0.787. The van der Waals surface area contributed by atoms with Crippen LogP contribution in [0.4, 0.5) is 0 Å². The summed E-state index contributed by atoms with van der Waals surface area (Å²) in [6.45, 7) is 4.05. The number of aliphatic hydroxyl groups is 1. The van der Waals surface area contributed by atoms with Crippen molar-refractivity contribution >= 4 is 27.7 Å². The molecule has 5 rings (SSSR count). The number of nitrogens with zero attached hydrogens (tertiary/aromatic N) is 2. The summed E-state index contributed by atoms with van der Waals surface area (Å²) in [5.41, 5.74) is 1.61. The number of aliphatic imine (C=N–C) groups is 1. The van der Waals surface area contributed by atoms with Gasteiger partial charge in [-0.3, -0.25) is 10.1 Å². The van der Waals surface area contributed by atoms with Crippen molar-refractivity contribution in [1.82, 2.24) is 15.5 Å². The Morgan fingerprint density at radius 2 is 1.83 bits per heavy atom. The summed E-state index contributed by atoms with van der Waals surface area (Å²) in [4.78, 5) is 19.5. The van der Waals surface area contributed by atoms with E-state index in [1.807, 2.05) is 67.4 Å². The molecule has 1 amide bonds. The van der Waals surface area contributed by atoms with Gasteiger partial charge in [0.1, 0.15) is 24.1 Å². The Bertz CT molecular complexity index is 1140. The minimum absolute atomic E-state index is 0.186. The average molecular weight is 557 g/mol. The van der Waals surface area contributed by atoms with Gasteiger partial charge in [-0.25, -0.2) is 4.99 Å². The van der Waals surface area contributed by atoms with E-state index in [1.54, 1.807) is 18.2 Å². The van der Waals surface area contributed by atoms with Crippen LogP contribution in [0.3, 0.4) is 0 Å². The molecule has 36 heavy (non-hydrogen) atoms. The van der Waals surface area contributed by atoms with Crippen molar-refractivity contribution in [3.05, 3.63) is 82.5 Å². The maximum Gasteiger partial charge on any atom is 0.256 e. The molecule has 5 atom stereocenters.